The van der Waals surface area contributed by atoms with E-state index in [0.29, 0.717) is 6.54 Å². The SMILES string of the molecule is CSc1ccc(C(CN)Nc2ccc(F)cc2)cc1. The fourth-order valence-corrected chi connectivity index (χ4v) is 2.27. The molecule has 0 saturated carbocycles. The van der Waals surface area contributed by atoms with Gasteiger partial charge in [-0.25, -0.2) is 4.39 Å². The lowest BCUT2D eigenvalue weighted by molar-refractivity contribution is 0.628. The molecule has 3 N–H and O–H groups in total. The Morgan fingerprint density at radius 2 is 1.74 bits per heavy atom. The summed E-state index contributed by atoms with van der Waals surface area (Å²) in [6, 6.07) is 14.6. The number of nitrogens with two attached hydrogens (primary N) is 1. The van der Waals surface area contributed by atoms with Crippen LogP contribution in [0.15, 0.2) is 53.4 Å². The van der Waals surface area contributed by atoms with Gasteiger partial charge in [0.25, 0.3) is 0 Å². The minimum atomic E-state index is -0.237. The van der Waals surface area contributed by atoms with Crippen molar-refractivity contribution in [1.29, 1.82) is 0 Å². The van der Waals surface area contributed by atoms with Crippen LogP contribution in [0.4, 0.5) is 10.1 Å². The summed E-state index contributed by atoms with van der Waals surface area (Å²) in [7, 11) is 0. The summed E-state index contributed by atoms with van der Waals surface area (Å²) in [6.45, 7) is 0.482. The zero-order valence-corrected chi connectivity index (χ0v) is 11.6. The van der Waals surface area contributed by atoms with Crippen LogP contribution in [0.5, 0.6) is 0 Å². The van der Waals surface area contributed by atoms with Crippen LogP contribution in [-0.2, 0) is 0 Å². The maximum atomic E-state index is 12.9. The molecule has 0 fully saturated rings. The van der Waals surface area contributed by atoms with Crippen molar-refractivity contribution in [2.45, 2.75) is 10.9 Å². The molecule has 1 atom stereocenters. The normalized spacial score (nSPS) is 12.2. The third-order valence-electron chi connectivity index (χ3n) is 2.94. The number of anilines is 1. The third kappa shape index (κ3) is 3.72. The maximum Gasteiger partial charge on any atom is 0.123 e. The van der Waals surface area contributed by atoms with Crippen molar-refractivity contribution in [2.24, 2.45) is 5.73 Å². The molecule has 1 unspecified atom stereocenters. The predicted molar refractivity (Wildman–Crippen MR) is 80.0 cm³/mol. The lowest BCUT2D eigenvalue weighted by Crippen LogP contribution is -2.20. The molecular weight excluding hydrogens is 259 g/mol. The number of hydrogen-bond acceptors (Lipinski definition) is 3. The van der Waals surface area contributed by atoms with Gasteiger partial charge in [-0.15, -0.1) is 11.8 Å². The summed E-state index contributed by atoms with van der Waals surface area (Å²) in [5, 5.41) is 3.31. The number of thioether (sulfide) groups is 1. The van der Waals surface area contributed by atoms with Crippen molar-refractivity contribution < 1.29 is 4.39 Å². The molecule has 2 rings (SSSR count). The zero-order chi connectivity index (χ0) is 13.7. The van der Waals surface area contributed by atoms with E-state index in [2.05, 4.69) is 29.6 Å². The highest BCUT2D eigenvalue weighted by Gasteiger charge is 2.09. The van der Waals surface area contributed by atoms with Gasteiger partial charge in [0.15, 0.2) is 0 Å². The Morgan fingerprint density at radius 1 is 1.11 bits per heavy atom. The van der Waals surface area contributed by atoms with Gasteiger partial charge >= 0.3 is 0 Å². The Hall–Kier alpha value is -1.52. The molecule has 0 aliphatic carbocycles. The summed E-state index contributed by atoms with van der Waals surface area (Å²) < 4.78 is 12.9. The summed E-state index contributed by atoms with van der Waals surface area (Å²) in [5.41, 5.74) is 7.81. The van der Waals surface area contributed by atoms with Gasteiger partial charge in [-0.3, -0.25) is 0 Å². The first-order chi connectivity index (χ1) is 9.22. The summed E-state index contributed by atoms with van der Waals surface area (Å²) in [4.78, 5) is 1.22. The second-order valence-electron chi connectivity index (χ2n) is 4.21. The fraction of sp³-hybridized carbons (Fsp3) is 0.200. The number of nitrogens with one attached hydrogen (secondary N) is 1. The van der Waals surface area contributed by atoms with Gasteiger partial charge in [0.2, 0.25) is 0 Å². The molecule has 0 heterocycles. The molecule has 4 heteroatoms. The minimum Gasteiger partial charge on any atom is -0.377 e. The first-order valence-corrected chi connectivity index (χ1v) is 7.31. The molecule has 2 aromatic rings. The van der Waals surface area contributed by atoms with E-state index in [1.165, 1.54) is 17.0 Å². The van der Waals surface area contributed by atoms with Crippen LogP contribution in [0, 0.1) is 5.82 Å². The van der Waals surface area contributed by atoms with Gasteiger partial charge in [0.05, 0.1) is 6.04 Å². The molecule has 0 amide bonds. The fourth-order valence-electron chi connectivity index (χ4n) is 1.86. The van der Waals surface area contributed by atoms with E-state index < -0.39 is 0 Å². The highest BCUT2D eigenvalue weighted by molar-refractivity contribution is 7.98. The molecule has 0 radical (unpaired) electrons. The second-order valence-corrected chi connectivity index (χ2v) is 5.09. The zero-order valence-electron chi connectivity index (χ0n) is 10.8. The Labute approximate surface area is 117 Å². The summed E-state index contributed by atoms with van der Waals surface area (Å²) >= 11 is 1.71. The molecule has 2 nitrogen and oxygen atoms in total. The van der Waals surface area contributed by atoms with E-state index >= 15 is 0 Å². The lowest BCUT2D eigenvalue weighted by Gasteiger charge is -2.19. The maximum absolute atomic E-state index is 12.9. The van der Waals surface area contributed by atoms with Crippen LogP contribution < -0.4 is 11.1 Å². The predicted octanol–water partition coefficient (Wildman–Crippen LogP) is 3.66. The first-order valence-electron chi connectivity index (χ1n) is 6.09. The molecule has 0 bridgehead atoms. The standard InChI is InChI=1S/C15H17FN2S/c1-19-14-8-2-11(3-9-14)15(10-17)18-13-6-4-12(16)5-7-13/h2-9,15,18H,10,17H2,1H3. The van der Waals surface area contributed by atoms with Gasteiger partial charge in [0, 0.05) is 17.1 Å². The van der Waals surface area contributed by atoms with Crippen molar-refractivity contribution in [3.8, 4) is 0 Å². The van der Waals surface area contributed by atoms with Crippen LogP contribution >= 0.6 is 11.8 Å². The molecule has 0 spiro atoms. The summed E-state index contributed by atoms with van der Waals surface area (Å²) in [6.07, 6.45) is 2.05. The molecule has 2 aromatic carbocycles. The topological polar surface area (TPSA) is 38.0 Å². The third-order valence-corrected chi connectivity index (χ3v) is 3.68. The van der Waals surface area contributed by atoms with E-state index in [1.54, 1.807) is 23.9 Å². The molecule has 0 saturated heterocycles. The van der Waals surface area contributed by atoms with Crippen LogP contribution in [-0.4, -0.2) is 12.8 Å². The van der Waals surface area contributed by atoms with Crippen LogP contribution in [0.3, 0.4) is 0 Å². The minimum absolute atomic E-state index is 0.0290. The quantitative estimate of drug-likeness (QED) is 0.818. The van der Waals surface area contributed by atoms with Gasteiger partial charge in [-0.1, -0.05) is 12.1 Å². The average Bonchev–Trinajstić information content (AvgIpc) is 2.47. The van der Waals surface area contributed by atoms with E-state index in [9.17, 15) is 4.39 Å². The molecule has 0 aromatic heterocycles. The Morgan fingerprint density at radius 3 is 2.26 bits per heavy atom. The highest BCUT2D eigenvalue weighted by Crippen LogP contribution is 2.22. The average molecular weight is 276 g/mol. The number of benzene rings is 2. The number of hydrogen-bond donors (Lipinski definition) is 2. The number of rotatable bonds is 5. The Bertz CT molecular complexity index is 511. The van der Waals surface area contributed by atoms with Gasteiger partial charge < -0.3 is 11.1 Å². The van der Waals surface area contributed by atoms with E-state index in [4.69, 9.17) is 5.73 Å². The monoisotopic (exact) mass is 276 g/mol. The van der Waals surface area contributed by atoms with Gasteiger partial charge in [-0.2, -0.15) is 0 Å². The largest absolute Gasteiger partial charge is 0.377 e. The molecule has 100 valence electrons. The molecular formula is C15H17FN2S. The second kappa shape index (κ2) is 6.59. The van der Waals surface area contributed by atoms with Crippen molar-refractivity contribution >= 4 is 17.4 Å². The van der Waals surface area contributed by atoms with Crippen molar-refractivity contribution in [3.63, 3.8) is 0 Å². The molecule has 0 aliphatic rings. The first kappa shape index (κ1) is 13.9. The van der Waals surface area contributed by atoms with Crippen molar-refractivity contribution in [2.75, 3.05) is 18.1 Å². The van der Waals surface area contributed by atoms with E-state index in [0.717, 1.165) is 11.3 Å². The number of halogens is 1. The van der Waals surface area contributed by atoms with Gasteiger partial charge in [0.1, 0.15) is 5.82 Å². The molecule has 19 heavy (non-hydrogen) atoms. The van der Waals surface area contributed by atoms with Gasteiger partial charge in [-0.05, 0) is 48.2 Å². The highest BCUT2D eigenvalue weighted by atomic mass is 32.2. The smallest absolute Gasteiger partial charge is 0.123 e. The Balaban J connectivity index is 2.12. The van der Waals surface area contributed by atoms with E-state index in [-0.39, 0.29) is 11.9 Å². The van der Waals surface area contributed by atoms with Crippen molar-refractivity contribution in [3.05, 3.63) is 59.9 Å². The van der Waals surface area contributed by atoms with Crippen molar-refractivity contribution in [1.82, 2.24) is 0 Å². The van der Waals surface area contributed by atoms with Crippen LogP contribution in [0.2, 0.25) is 0 Å². The van der Waals surface area contributed by atoms with Crippen LogP contribution in [0.25, 0.3) is 0 Å². The van der Waals surface area contributed by atoms with E-state index in [1.807, 2.05) is 6.26 Å². The van der Waals surface area contributed by atoms with Crippen LogP contribution in [0.1, 0.15) is 11.6 Å². The Kier molecular flexibility index (Phi) is 4.82. The summed E-state index contributed by atoms with van der Waals surface area (Å²) in [5.74, 6) is -0.237. The lowest BCUT2D eigenvalue weighted by atomic mass is 10.1. The molecule has 0 aliphatic heterocycles.